The molecule has 0 saturated carbocycles. The van der Waals surface area contributed by atoms with E-state index in [4.69, 9.17) is 17.0 Å². The van der Waals surface area contributed by atoms with Gasteiger partial charge in [0.15, 0.2) is 11.7 Å². The van der Waals surface area contributed by atoms with E-state index in [-0.39, 0.29) is 17.6 Å². The monoisotopic (exact) mass is 398 g/mol. The number of ether oxygens (including phenoxy) is 1. The molecule has 4 nitrogen and oxygen atoms in total. The zero-order chi connectivity index (χ0) is 20.7. The van der Waals surface area contributed by atoms with Crippen LogP contribution in [0, 0.1) is 6.92 Å². The van der Waals surface area contributed by atoms with Crippen molar-refractivity contribution in [2.45, 2.75) is 53.4 Å². The van der Waals surface area contributed by atoms with Gasteiger partial charge in [-0.25, -0.2) is 0 Å². The molecule has 0 aliphatic heterocycles. The smallest absolute Gasteiger partial charge is 0.264 e. The van der Waals surface area contributed by atoms with Gasteiger partial charge in [-0.3, -0.25) is 10.1 Å². The molecule has 0 unspecified atom stereocenters. The number of aryl methyl sites for hydroxylation is 3. The summed E-state index contributed by atoms with van der Waals surface area (Å²) in [6.45, 7) is 10.5. The summed E-state index contributed by atoms with van der Waals surface area (Å²) in [4.78, 5) is 12.2. The fourth-order valence-electron chi connectivity index (χ4n) is 3.25. The van der Waals surface area contributed by atoms with Gasteiger partial charge in [-0.1, -0.05) is 52.0 Å². The quantitative estimate of drug-likeness (QED) is 0.635. The molecular weight excluding hydrogens is 368 g/mol. The highest BCUT2D eigenvalue weighted by Gasteiger charge is 2.11. The Bertz CT molecular complexity index is 824. The minimum Gasteiger partial charge on any atom is -0.484 e. The van der Waals surface area contributed by atoms with Gasteiger partial charge in [-0.2, -0.15) is 0 Å². The highest BCUT2D eigenvalue weighted by atomic mass is 32.1. The van der Waals surface area contributed by atoms with Gasteiger partial charge in [0.05, 0.1) is 0 Å². The number of rotatable bonds is 7. The zero-order valence-electron chi connectivity index (χ0n) is 17.4. The molecule has 2 rings (SSSR count). The third-order valence-corrected chi connectivity index (χ3v) is 4.93. The molecular formula is C23H30N2O2S. The predicted octanol–water partition coefficient (Wildman–Crippen LogP) is 5.14. The molecule has 1 amide bonds. The van der Waals surface area contributed by atoms with Crippen LogP contribution in [0.3, 0.4) is 0 Å². The van der Waals surface area contributed by atoms with Crippen LogP contribution < -0.4 is 15.4 Å². The lowest BCUT2D eigenvalue weighted by molar-refractivity contribution is -0.121. The van der Waals surface area contributed by atoms with Crippen molar-refractivity contribution in [1.82, 2.24) is 5.32 Å². The normalized spacial score (nSPS) is 10.6. The minimum absolute atomic E-state index is 0.0850. The first kappa shape index (κ1) is 21.9. The minimum atomic E-state index is -0.282. The van der Waals surface area contributed by atoms with Crippen LogP contribution in [0.4, 0.5) is 5.69 Å². The lowest BCUT2D eigenvalue weighted by Crippen LogP contribution is -2.37. The molecule has 150 valence electrons. The molecule has 0 saturated heterocycles. The maximum absolute atomic E-state index is 12.2. The van der Waals surface area contributed by atoms with Gasteiger partial charge in [-0.05, 0) is 72.3 Å². The fraction of sp³-hybridized carbons (Fsp3) is 0.391. The van der Waals surface area contributed by atoms with Crippen molar-refractivity contribution in [3.8, 4) is 5.75 Å². The summed E-state index contributed by atoms with van der Waals surface area (Å²) in [6.07, 6.45) is 1.78. The fourth-order valence-corrected chi connectivity index (χ4v) is 3.46. The van der Waals surface area contributed by atoms with Gasteiger partial charge in [0.25, 0.3) is 5.91 Å². The lowest BCUT2D eigenvalue weighted by atomic mass is 9.98. The lowest BCUT2D eigenvalue weighted by Gasteiger charge is -2.16. The van der Waals surface area contributed by atoms with E-state index in [2.05, 4.69) is 57.4 Å². The van der Waals surface area contributed by atoms with Gasteiger partial charge in [0, 0.05) is 5.69 Å². The number of hydrogen-bond acceptors (Lipinski definition) is 3. The van der Waals surface area contributed by atoms with E-state index in [9.17, 15) is 4.79 Å². The van der Waals surface area contributed by atoms with E-state index in [1.54, 1.807) is 0 Å². The number of carbonyl (C=O) groups excluding carboxylic acids is 1. The number of benzene rings is 2. The van der Waals surface area contributed by atoms with Crippen LogP contribution in [0.25, 0.3) is 0 Å². The molecule has 0 aromatic heterocycles. The number of thiocarbonyl (C=S) groups is 1. The molecule has 28 heavy (non-hydrogen) atoms. The van der Waals surface area contributed by atoms with Crippen LogP contribution in [0.15, 0.2) is 36.4 Å². The van der Waals surface area contributed by atoms with Crippen LogP contribution in [-0.4, -0.2) is 17.6 Å². The van der Waals surface area contributed by atoms with Crippen molar-refractivity contribution in [1.29, 1.82) is 0 Å². The van der Waals surface area contributed by atoms with Gasteiger partial charge in [-0.15, -0.1) is 0 Å². The molecule has 0 bridgehead atoms. The summed E-state index contributed by atoms with van der Waals surface area (Å²) < 4.78 is 5.62. The average molecular weight is 399 g/mol. The number of hydrogen-bond donors (Lipinski definition) is 2. The first-order valence-corrected chi connectivity index (χ1v) is 10.2. The molecule has 2 N–H and O–H groups in total. The Labute approximate surface area is 173 Å². The third-order valence-electron chi connectivity index (χ3n) is 4.72. The largest absolute Gasteiger partial charge is 0.484 e. The topological polar surface area (TPSA) is 50.4 Å². The first-order valence-electron chi connectivity index (χ1n) is 9.80. The van der Waals surface area contributed by atoms with Crippen molar-refractivity contribution in [3.63, 3.8) is 0 Å². The van der Waals surface area contributed by atoms with Crippen LogP contribution in [-0.2, 0) is 17.6 Å². The molecule has 0 atom stereocenters. The van der Waals surface area contributed by atoms with Crippen molar-refractivity contribution < 1.29 is 9.53 Å². The highest BCUT2D eigenvalue weighted by molar-refractivity contribution is 7.80. The van der Waals surface area contributed by atoms with E-state index in [1.165, 1.54) is 16.7 Å². The number of carbonyl (C=O) groups is 1. The SMILES string of the molecule is CCc1cccc(CC)c1NC(=S)NC(=O)COc1ccc(C(C)C)c(C)c1. The van der Waals surface area contributed by atoms with Crippen LogP contribution in [0.2, 0.25) is 0 Å². The summed E-state index contributed by atoms with van der Waals surface area (Å²) in [5.74, 6) is 0.857. The summed E-state index contributed by atoms with van der Waals surface area (Å²) >= 11 is 5.33. The molecule has 0 heterocycles. The third kappa shape index (κ3) is 5.80. The van der Waals surface area contributed by atoms with E-state index >= 15 is 0 Å². The number of nitrogens with one attached hydrogen (secondary N) is 2. The second-order valence-electron chi connectivity index (χ2n) is 7.12. The molecule has 2 aromatic carbocycles. The van der Waals surface area contributed by atoms with Crippen molar-refractivity contribution in [3.05, 3.63) is 58.7 Å². The molecule has 0 spiro atoms. The Kier molecular flexibility index (Phi) is 8.00. The predicted molar refractivity (Wildman–Crippen MR) is 120 cm³/mol. The number of amides is 1. The zero-order valence-corrected chi connectivity index (χ0v) is 18.2. The number of para-hydroxylation sites is 1. The standard InChI is InChI=1S/C23H30N2O2S/c1-6-17-9-8-10-18(7-2)22(17)25-23(28)24-21(26)14-27-19-11-12-20(15(3)4)16(5)13-19/h8-13,15H,6-7,14H2,1-5H3,(H2,24,25,26,28). The maximum atomic E-state index is 12.2. The molecule has 0 fully saturated rings. The van der Waals surface area contributed by atoms with E-state index < -0.39 is 0 Å². The Balaban J connectivity index is 1.93. The van der Waals surface area contributed by atoms with E-state index in [1.807, 2.05) is 24.3 Å². The van der Waals surface area contributed by atoms with E-state index in [0.29, 0.717) is 11.7 Å². The van der Waals surface area contributed by atoms with Gasteiger partial charge in [0.1, 0.15) is 5.75 Å². The Hall–Kier alpha value is -2.40. The second-order valence-corrected chi connectivity index (χ2v) is 7.53. The van der Waals surface area contributed by atoms with Crippen molar-refractivity contribution in [2.24, 2.45) is 0 Å². The van der Waals surface area contributed by atoms with Crippen molar-refractivity contribution in [2.75, 3.05) is 11.9 Å². The van der Waals surface area contributed by atoms with Crippen LogP contribution >= 0.6 is 12.2 Å². The average Bonchev–Trinajstić information content (AvgIpc) is 2.66. The molecule has 0 aliphatic rings. The molecule has 2 aromatic rings. The maximum Gasteiger partial charge on any atom is 0.264 e. The Morgan fingerprint density at radius 1 is 1.11 bits per heavy atom. The Morgan fingerprint density at radius 2 is 1.75 bits per heavy atom. The van der Waals surface area contributed by atoms with Crippen LogP contribution in [0.1, 0.15) is 55.9 Å². The van der Waals surface area contributed by atoms with Gasteiger partial charge < -0.3 is 10.1 Å². The summed E-state index contributed by atoms with van der Waals surface area (Å²) in [5, 5.41) is 6.17. The summed E-state index contributed by atoms with van der Waals surface area (Å²) in [6, 6.07) is 12.1. The van der Waals surface area contributed by atoms with Crippen LogP contribution in [0.5, 0.6) is 5.75 Å². The first-order chi connectivity index (χ1) is 13.3. The van der Waals surface area contributed by atoms with Gasteiger partial charge >= 0.3 is 0 Å². The summed E-state index contributed by atoms with van der Waals surface area (Å²) in [5.41, 5.74) is 5.77. The second kappa shape index (κ2) is 10.2. The molecule has 0 radical (unpaired) electrons. The Morgan fingerprint density at radius 3 is 2.29 bits per heavy atom. The molecule has 0 aliphatic carbocycles. The highest BCUT2D eigenvalue weighted by Crippen LogP contribution is 2.24. The van der Waals surface area contributed by atoms with E-state index in [0.717, 1.165) is 24.1 Å². The van der Waals surface area contributed by atoms with Gasteiger partial charge in [0.2, 0.25) is 0 Å². The summed E-state index contributed by atoms with van der Waals surface area (Å²) in [7, 11) is 0. The molecule has 5 heteroatoms. The van der Waals surface area contributed by atoms with Crippen molar-refractivity contribution >= 4 is 28.9 Å². The number of anilines is 1.